The van der Waals surface area contributed by atoms with Gasteiger partial charge in [-0.2, -0.15) is 0 Å². The second-order valence-electron chi connectivity index (χ2n) is 5.02. The summed E-state index contributed by atoms with van der Waals surface area (Å²) in [7, 11) is 0. The predicted octanol–water partition coefficient (Wildman–Crippen LogP) is 0.659. The largest absolute Gasteiger partial charge is 0.480 e. The molecule has 0 saturated heterocycles. The van der Waals surface area contributed by atoms with Crippen LogP contribution in [0.3, 0.4) is 0 Å². The molecule has 6 nitrogen and oxygen atoms in total. The Hall–Kier alpha value is -0.850. The standard InChI is InChI=1S/C11H22N2O4.ClH/c1-11(2,3)17-10(16)8(13)6-4-5-7(12)9(14)15;/h7-8H,4-6,12-13H2,1-3H3,(H,14,15);1H/t7-,8?;/m0./s1. The third-order valence-electron chi connectivity index (χ3n) is 2.06. The van der Waals surface area contributed by atoms with Crippen LogP contribution in [0, 0.1) is 0 Å². The first-order valence-corrected chi connectivity index (χ1v) is 5.60. The number of esters is 1. The lowest BCUT2D eigenvalue weighted by molar-refractivity contribution is -0.156. The number of nitrogens with two attached hydrogens (primary N) is 2. The summed E-state index contributed by atoms with van der Waals surface area (Å²) in [6.45, 7) is 5.29. The molecule has 0 fully saturated rings. The van der Waals surface area contributed by atoms with E-state index in [1.165, 1.54) is 0 Å². The molecule has 0 aromatic carbocycles. The average molecular weight is 283 g/mol. The van der Waals surface area contributed by atoms with E-state index < -0.39 is 29.6 Å². The van der Waals surface area contributed by atoms with Crippen molar-refractivity contribution in [1.29, 1.82) is 0 Å². The minimum Gasteiger partial charge on any atom is -0.480 e. The quantitative estimate of drug-likeness (QED) is 0.616. The van der Waals surface area contributed by atoms with Crippen LogP contribution in [0.4, 0.5) is 0 Å². The number of hydrogen-bond donors (Lipinski definition) is 3. The van der Waals surface area contributed by atoms with Crippen LogP contribution in [-0.4, -0.2) is 34.7 Å². The monoisotopic (exact) mass is 282 g/mol. The molecule has 18 heavy (non-hydrogen) atoms. The summed E-state index contributed by atoms with van der Waals surface area (Å²) in [5, 5.41) is 8.56. The Balaban J connectivity index is 0. The van der Waals surface area contributed by atoms with Crippen LogP contribution in [-0.2, 0) is 14.3 Å². The van der Waals surface area contributed by atoms with E-state index in [0.717, 1.165) is 0 Å². The summed E-state index contributed by atoms with van der Waals surface area (Å²) in [5.41, 5.74) is 10.4. The van der Waals surface area contributed by atoms with Gasteiger partial charge in [0.2, 0.25) is 0 Å². The Morgan fingerprint density at radius 1 is 1.17 bits per heavy atom. The maximum atomic E-state index is 11.5. The highest BCUT2D eigenvalue weighted by molar-refractivity contribution is 5.85. The molecule has 0 aromatic heterocycles. The van der Waals surface area contributed by atoms with Crippen molar-refractivity contribution in [3.63, 3.8) is 0 Å². The smallest absolute Gasteiger partial charge is 0.323 e. The van der Waals surface area contributed by atoms with Crippen molar-refractivity contribution in [2.75, 3.05) is 0 Å². The summed E-state index contributed by atoms with van der Waals surface area (Å²) >= 11 is 0. The van der Waals surface area contributed by atoms with E-state index in [1.54, 1.807) is 20.8 Å². The number of halogens is 1. The van der Waals surface area contributed by atoms with Gasteiger partial charge in [0, 0.05) is 0 Å². The topological polar surface area (TPSA) is 116 Å². The van der Waals surface area contributed by atoms with Crippen LogP contribution >= 0.6 is 12.4 Å². The minimum atomic E-state index is -1.05. The van der Waals surface area contributed by atoms with Crippen molar-refractivity contribution >= 4 is 24.3 Å². The van der Waals surface area contributed by atoms with E-state index in [2.05, 4.69) is 0 Å². The number of rotatable bonds is 6. The Bertz CT molecular complexity index is 279. The maximum Gasteiger partial charge on any atom is 0.323 e. The summed E-state index contributed by atoms with van der Waals surface area (Å²) in [6, 6.07) is -1.63. The summed E-state index contributed by atoms with van der Waals surface area (Å²) in [5.74, 6) is -1.52. The maximum absolute atomic E-state index is 11.5. The van der Waals surface area contributed by atoms with Gasteiger partial charge in [-0.15, -0.1) is 12.4 Å². The second-order valence-corrected chi connectivity index (χ2v) is 5.02. The third kappa shape index (κ3) is 9.21. The van der Waals surface area contributed by atoms with E-state index in [4.69, 9.17) is 21.3 Å². The van der Waals surface area contributed by atoms with E-state index in [0.29, 0.717) is 19.3 Å². The highest BCUT2D eigenvalue weighted by Gasteiger charge is 2.22. The molecule has 0 aliphatic rings. The molecule has 7 heteroatoms. The van der Waals surface area contributed by atoms with Gasteiger partial charge in [0.05, 0.1) is 0 Å². The lowest BCUT2D eigenvalue weighted by atomic mass is 10.1. The molecular weight excluding hydrogens is 260 g/mol. The molecule has 5 N–H and O–H groups in total. The van der Waals surface area contributed by atoms with Crippen molar-refractivity contribution in [1.82, 2.24) is 0 Å². The van der Waals surface area contributed by atoms with E-state index in [1.807, 2.05) is 0 Å². The van der Waals surface area contributed by atoms with Gasteiger partial charge in [-0.3, -0.25) is 9.59 Å². The van der Waals surface area contributed by atoms with Gasteiger partial charge in [0.15, 0.2) is 0 Å². The van der Waals surface area contributed by atoms with Crippen LogP contribution < -0.4 is 11.5 Å². The van der Waals surface area contributed by atoms with Crippen molar-refractivity contribution in [2.24, 2.45) is 11.5 Å². The molecule has 0 bridgehead atoms. The van der Waals surface area contributed by atoms with Gasteiger partial charge in [0.25, 0.3) is 0 Å². The Labute approximate surface area is 113 Å². The first kappa shape index (κ1) is 19.5. The number of carboxylic acids is 1. The summed E-state index contributed by atoms with van der Waals surface area (Å²) in [6.07, 6.45) is 1.15. The molecule has 108 valence electrons. The summed E-state index contributed by atoms with van der Waals surface area (Å²) in [4.78, 5) is 21.9. The number of ether oxygens (including phenoxy) is 1. The van der Waals surface area contributed by atoms with Crippen LogP contribution in [0.1, 0.15) is 40.0 Å². The second kappa shape index (κ2) is 8.29. The zero-order chi connectivity index (χ0) is 13.6. The van der Waals surface area contributed by atoms with Crippen molar-refractivity contribution in [3.8, 4) is 0 Å². The number of carbonyl (C=O) groups is 2. The normalized spacial score (nSPS) is 14.3. The predicted molar refractivity (Wildman–Crippen MR) is 70.5 cm³/mol. The fourth-order valence-corrected chi connectivity index (χ4v) is 1.18. The first-order valence-electron chi connectivity index (χ1n) is 5.60. The van der Waals surface area contributed by atoms with Crippen molar-refractivity contribution in [2.45, 2.75) is 57.7 Å². The molecule has 0 rings (SSSR count). The lowest BCUT2D eigenvalue weighted by Crippen LogP contribution is -2.38. The lowest BCUT2D eigenvalue weighted by Gasteiger charge is -2.22. The molecular formula is C11H23ClN2O4. The van der Waals surface area contributed by atoms with Gasteiger partial charge < -0.3 is 21.3 Å². The zero-order valence-corrected chi connectivity index (χ0v) is 11.8. The van der Waals surface area contributed by atoms with Crippen molar-refractivity contribution in [3.05, 3.63) is 0 Å². The molecule has 0 amide bonds. The van der Waals surface area contributed by atoms with E-state index in [9.17, 15) is 9.59 Å². The molecule has 0 aromatic rings. The summed E-state index contributed by atoms with van der Waals surface area (Å²) < 4.78 is 5.09. The number of carboxylic acid groups (broad SMARTS) is 1. The van der Waals surface area contributed by atoms with Crippen molar-refractivity contribution < 1.29 is 19.4 Å². The van der Waals surface area contributed by atoms with Crippen LogP contribution in [0.2, 0.25) is 0 Å². The van der Waals surface area contributed by atoms with E-state index in [-0.39, 0.29) is 12.4 Å². The molecule has 1 unspecified atom stereocenters. The van der Waals surface area contributed by atoms with Gasteiger partial charge in [-0.05, 0) is 40.0 Å². The van der Waals surface area contributed by atoms with Gasteiger partial charge in [-0.25, -0.2) is 0 Å². The molecule has 2 atom stereocenters. The Kier molecular flexibility index (Phi) is 8.97. The first-order chi connectivity index (χ1) is 7.63. The van der Waals surface area contributed by atoms with Crippen LogP contribution in [0.5, 0.6) is 0 Å². The molecule has 0 saturated carbocycles. The zero-order valence-electron chi connectivity index (χ0n) is 11.0. The highest BCUT2D eigenvalue weighted by atomic mass is 35.5. The fraction of sp³-hybridized carbons (Fsp3) is 0.818. The fourth-order valence-electron chi connectivity index (χ4n) is 1.18. The molecule has 0 heterocycles. The Morgan fingerprint density at radius 3 is 2.00 bits per heavy atom. The number of aliphatic carboxylic acids is 1. The van der Waals surface area contributed by atoms with Gasteiger partial charge in [0.1, 0.15) is 17.7 Å². The number of carbonyl (C=O) groups excluding carboxylic acids is 1. The minimum absolute atomic E-state index is 0. The third-order valence-corrected chi connectivity index (χ3v) is 2.06. The molecule has 0 aliphatic carbocycles. The molecule has 0 aliphatic heterocycles. The average Bonchev–Trinajstić information content (AvgIpc) is 2.14. The van der Waals surface area contributed by atoms with Gasteiger partial charge in [-0.1, -0.05) is 0 Å². The number of hydrogen-bond acceptors (Lipinski definition) is 5. The molecule has 0 radical (unpaired) electrons. The van der Waals surface area contributed by atoms with Gasteiger partial charge >= 0.3 is 11.9 Å². The molecule has 0 spiro atoms. The van der Waals surface area contributed by atoms with Crippen LogP contribution in [0.25, 0.3) is 0 Å². The highest BCUT2D eigenvalue weighted by Crippen LogP contribution is 2.10. The van der Waals surface area contributed by atoms with Crippen LogP contribution in [0.15, 0.2) is 0 Å². The Morgan fingerprint density at radius 2 is 1.61 bits per heavy atom. The SMILES string of the molecule is CC(C)(C)OC(=O)C(N)CCC[C@H](N)C(=O)O.Cl. The van der Waals surface area contributed by atoms with E-state index >= 15 is 0 Å².